The van der Waals surface area contributed by atoms with E-state index in [1.165, 1.54) is 0 Å². The second kappa shape index (κ2) is 5.49. The molecule has 1 aromatic carbocycles. The molecular weight excluding hydrogens is 252 g/mol. The van der Waals surface area contributed by atoms with E-state index in [0.29, 0.717) is 5.69 Å². The molecule has 0 aliphatic carbocycles. The van der Waals surface area contributed by atoms with Crippen LogP contribution in [0.3, 0.4) is 0 Å². The maximum Gasteiger partial charge on any atom is 0.239 e. The Labute approximate surface area is 107 Å². The highest BCUT2D eigenvalue weighted by atomic mass is 32.2. The first kappa shape index (κ1) is 14.7. The van der Waals surface area contributed by atoms with Crippen molar-refractivity contribution in [1.29, 1.82) is 0 Å². The third kappa shape index (κ3) is 5.79. The van der Waals surface area contributed by atoms with E-state index in [9.17, 15) is 13.2 Å². The van der Waals surface area contributed by atoms with Crippen LogP contribution >= 0.6 is 0 Å². The van der Waals surface area contributed by atoms with Gasteiger partial charge in [0.05, 0.1) is 5.75 Å². The number of hydrogen-bond acceptors (Lipinski definition) is 4. The standard InChI is InChI=1S/C12H18N2O3S/c1-12(2,13)9-18(16,17)8-11(15)14-10-6-4-3-5-7-10/h3-7H,8-9,13H2,1-2H3,(H,14,15). The molecule has 1 rings (SSSR count). The Morgan fingerprint density at radius 3 is 2.33 bits per heavy atom. The minimum atomic E-state index is -3.50. The lowest BCUT2D eigenvalue weighted by Crippen LogP contribution is -2.42. The summed E-state index contributed by atoms with van der Waals surface area (Å²) < 4.78 is 23.4. The lowest BCUT2D eigenvalue weighted by molar-refractivity contribution is -0.113. The van der Waals surface area contributed by atoms with Crippen LogP contribution in [0.5, 0.6) is 0 Å². The molecule has 0 radical (unpaired) electrons. The van der Waals surface area contributed by atoms with Crippen molar-refractivity contribution in [3.63, 3.8) is 0 Å². The van der Waals surface area contributed by atoms with Crippen LogP contribution < -0.4 is 11.1 Å². The first-order chi connectivity index (χ1) is 8.18. The highest BCUT2D eigenvalue weighted by Gasteiger charge is 2.24. The van der Waals surface area contributed by atoms with Crippen molar-refractivity contribution in [3.8, 4) is 0 Å². The van der Waals surface area contributed by atoms with E-state index < -0.39 is 27.0 Å². The SMILES string of the molecule is CC(C)(N)CS(=O)(=O)CC(=O)Nc1ccccc1. The topological polar surface area (TPSA) is 89.3 Å². The molecule has 6 heteroatoms. The van der Waals surface area contributed by atoms with Gasteiger partial charge in [0.1, 0.15) is 5.75 Å². The molecule has 0 aliphatic heterocycles. The van der Waals surface area contributed by atoms with E-state index in [1.54, 1.807) is 38.1 Å². The van der Waals surface area contributed by atoms with Crippen LogP contribution in [0.4, 0.5) is 5.69 Å². The number of benzene rings is 1. The molecule has 0 aromatic heterocycles. The number of carbonyl (C=O) groups excluding carboxylic acids is 1. The molecule has 3 N–H and O–H groups in total. The number of carbonyl (C=O) groups is 1. The Morgan fingerprint density at radius 1 is 1.28 bits per heavy atom. The molecule has 0 spiro atoms. The van der Waals surface area contributed by atoms with Gasteiger partial charge in [0.25, 0.3) is 0 Å². The van der Waals surface area contributed by atoms with Gasteiger partial charge in [-0.15, -0.1) is 0 Å². The van der Waals surface area contributed by atoms with Crippen molar-refractivity contribution < 1.29 is 13.2 Å². The lowest BCUT2D eigenvalue weighted by atomic mass is 10.1. The largest absolute Gasteiger partial charge is 0.325 e. The molecule has 100 valence electrons. The van der Waals surface area contributed by atoms with Gasteiger partial charge in [-0.3, -0.25) is 4.79 Å². The summed E-state index contributed by atoms with van der Waals surface area (Å²) >= 11 is 0. The zero-order valence-electron chi connectivity index (χ0n) is 10.5. The number of amides is 1. The third-order valence-electron chi connectivity index (χ3n) is 2.00. The van der Waals surface area contributed by atoms with E-state index >= 15 is 0 Å². The molecule has 0 unspecified atom stereocenters. The second-order valence-corrected chi connectivity index (χ2v) is 7.00. The second-order valence-electron chi connectivity index (χ2n) is 4.94. The van der Waals surface area contributed by atoms with Gasteiger partial charge in [-0.1, -0.05) is 18.2 Å². The first-order valence-corrected chi connectivity index (χ1v) is 7.34. The molecule has 0 atom stereocenters. The van der Waals surface area contributed by atoms with Gasteiger partial charge < -0.3 is 11.1 Å². The van der Waals surface area contributed by atoms with Crippen molar-refractivity contribution >= 4 is 21.4 Å². The van der Waals surface area contributed by atoms with Crippen LogP contribution in [-0.2, 0) is 14.6 Å². The Bertz CT molecular complexity index is 504. The molecule has 0 saturated heterocycles. The normalized spacial score (nSPS) is 12.2. The number of hydrogen-bond donors (Lipinski definition) is 2. The lowest BCUT2D eigenvalue weighted by Gasteiger charge is -2.17. The maximum absolute atomic E-state index is 11.7. The number of nitrogens with two attached hydrogens (primary N) is 1. The molecule has 0 saturated carbocycles. The van der Waals surface area contributed by atoms with Crippen molar-refractivity contribution in [3.05, 3.63) is 30.3 Å². The summed E-state index contributed by atoms with van der Waals surface area (Å²) in [5.74, 6) is -1.32. The fourth-order valence-corrected chi connectivity index (χ4v) is 3.24. The molecule has 0 bridgehead atoms. The Hall–Kier alpha value is -1.40. The summed E-state index contributed by atoms with van der Waals surface area (Å²) in [6, 6.07) is 8.71. The number of para-hydroxylation sites is 1. The van der Waals surface area contributed by atoms with E-state index in [1.807, 2.05) is 6.07 Å². The fourth-order valence-electron chi connectivity index (χ4n) is 1.54. The average molecular weight is 270 g/mol. The minimum absolute atomic E-state index is 0.220. The molecule has 1 amide bonds. The minimum Gasteiger partial charge on any atom is -0.325 e. The summed E-state index contributed by atoms with van der Waals surface area (Å²) in [7, 11) is -3.50. The van der Waals surface area contributed by atoms with E-state index in [4.69, 9.17) is 5.73 Å². The predicted octanol–water partition coefficient (Wildman–Crippen LogP) is 0.777. The van der Waals surface area contributed by atoms with Gasteiger partial charge in [-0.05, 0) is 26.0 Å². The summed E-state index contributed by atoms with van der Waals surface area (Å²) in [5.41, 5.74) is 5.37. The zero-order valence-corrected chi connectivity index (χ0v) is 11.3. The number of sulfone groups is 1. The van der Waals surface area contributed by atoms with Crippen LogP contribution in [0.2, 0.25) is 0 Å². The third-order valence-corrected chi connectivity index (χ3v) is 3.89. The summed E-state index contributed by atoms with van der Waals surface area (Å²) in [6.07, 6.45) is 0. The smallest absolute Gasteiger partial charge is 0.239 e. The first-order valence-electron chi connectivity index (χ1n) is 5.52. The monoisotopic (exact) mass is 270 g/mol. The van der Waals surface area contributed by atoms with Crippen molar-refractivity contribution in [2.24, 2.45) is 5.73 Å². The number of nitrogens with one attached hydrogen (secondary N) is 1. The van der Waals surface area contributed by atoms with Crippen LogP contribution in [0.1, 0.15) is 13.8 Å². The fraction of sp³-hybridized carbons (Fsp3) is 0.417. The molecular formula is C12H18N2O3S. The van der Waals surface area contributed by atoms with Gasteiger partial charge in [-0.2, -0.15) is 0 Å². The average Bonchev–Trinajstić information content (AvgIpc) is 2.13. The molecule has 18 heavy (non-hydrogen) atoms. The van der Waals surface area contributed by atoms with Gasteiger partial charge in [0.2, 0.25) is 5.91 Å². The van der Waals surface area contributed by atoms with E-state index in [0.717, 1.165) is 0 Å². The van der Waals surface area contributed by atoms with Crippen molar-refractivity contribution in [1.82, 2.24) is 0 Å². The van der Waals surface area contributed by atoms with E-state index in [2.05, 4.69) is 5.32 Å². The van der Waals surface area contributed by atoms with Gasteiger partial charge >= 0.3 is 0 Å². The molecule has 0 fully saturated rings. The van der Waals surface area contributed by atoms with Crippen molar-refractivity contribution in [2.45, 2.75) is 19.4 Å². The molecule has 0 aliphatic rings. The summed E-state index contributed by atoms with van der Waals surface area (Å²) in [5, 5.41) is 2.52. The highest BCUT2D eigenvalue weighted by Crippen LogP contribution is 2.07. The molecule has 5 nitrogen and oxygen atoms in total. The summed E-state index contributed by atoms with van der Waals surface area (Å²) in [6.45, 7) is 3.22. The van der Waals surface area contributed by atoms with Crippen LogP contribution in [0.25, 0.3) is 0 Å². The van der Waals surface area contributed by atoms with E-state index in [-0.39, 0.29) is 5.75 Å². The van der Waals surface area contributed by atoms with Gasteiger partial charge in [0, 0.05) is 11.2 Å². The quantitative estimate of drug-likeness (QED) is 0.827. The maximum atomic E-state index is 11.7. The predicted molar refractivity (Wildman–Crippen MR) is 72.0 cm³/mol. The van der Waals surface area contributed by atoms with Crippen LogP contribution in [0.15, 0.2) is 30.3 Å². The molecule has 1 aromatic rings. The summed E-state index contributed by atoms with van der Waals surface area (Å²) in [4.78, 5) is 11.6. The Morgan fingerprint density at radius 2 is 1.83 bits per heavy atom. The van der Waals surface area contributed by atoms with Crippen molar-refractivity contribution in [2.75, 3.05) is 16.8 Å². The Balaban J connectivity index is 2.60. The van der Waals surface area contributed by atoms with Crippen LogP contribution in [-0.4, -0.2) is 31.4 Å². The van der Waals surface area contributed by atoms with Gasteiger partial charge in [-0.25, -0.2) is 8.42 Å². The number of rotatable bonds is 5. The number of anilines is 1. The highest BCUT2D eigenvalue weighted by molar-refractivity contribution is 7.92. The van der Waals surface area contributed by atoms with Crippen LogP contribution in [0, 0.1) is 0 Å². The Kier molecular flexibility index (Phi) is 4.48. The van der Waals surface area contributed by atoms with Gasteiger partial charge in [0.15, 0.2) is 9.84 Å². The molecule has 0 heterocycles. The zero-order chi connectivity index (χ0) is 13.8.